The Hall–Kier alpha value is -0.450. The number of nitrogens with zero attached hydrogens (tertiary/aromatic N) is 2. The van der Waals surface area contributed by atoms with Crippen LogP contribution < -0.4 is 5.32 Å². The van der Waals surface area contributed by atoms with Gasteiger partial charge in [-0.15, -0.1) is 11.3 Å². The zero-order valence-corrected chi connectivity index (χ0v) is 11.7. The molecule has 17 heavy (non-hydrogen) atoms. The molecule has 0 aromatic carbocycles. The van der Waals surface area contributed by atoms with Gasteiger partial charge in [0.1, 0.15) is 5.01 Å². The second-order valence-electron chi connectivity index (χ2n) is 4.75. The Morgan fingerprint density at radius 2 is 2.47 bits per heavy atom. The van der Waals surface area contributed by atoms with Gasteiger partial charge < -0.3 is 5.32 Å². The first kappa shape index (κ1) is 13.0. The lowest BCUT2D eigenvalue weighted by atomic mass is 10.1. The van der Waals surface area contributed by atoms with Gasteiger partial charge in [0, 0.05) is 18.1 Å². The van der Waals surface area contributed by atoms with Gasteiger partial charge in [0.15, 0.2) is 0 Å². The first-order valence-electron chi connectivity index (χ1n) is 6.69. The number of hydrogen-bond donors (Lipinski definition) is 1. The molecule has 0 amide bonds. The predicted molar refractivity (Wildman–Crippen MR) is 73.4 cm³/mol. The van der Waals surface area contributed by atoms with Crippen molar-refractivity contribution in [2.45, 2.75) is 32.7 Å². The molecule has 3 nitrogen and oxygen atoms in total. The first-order valence-corrected chi connectivity index (χ1v) is 7.57. The van der Waals surface area contributed by atoms with Crippen LogP contribution in [0, 0.1) is 5.92 Å². The molecule has 0 radical (unpaired) electrons. The molecule has 1 aromatic rings. The lowest BCUT2D eigenvalue weighted by Crippen LogP contribution is -2.29. The quantitative estimate of drug-likeness (QED) is 0.844. The standard InChI is InChI=1S/C13H23N3S/c1-3-12(13-15-6-8-17-13)16-7-5-11(10-16)9-14-4-2/h6,8,11-12,14H,3-5,7,9-10H2,1-2H3. The number of nitrogens with one attached hydrogen (secondary N) is 1. The molecule has 2 atom stereocenters. The molecule has 0 bridgehead atoms. The summed E-state index contributed by atoms with van der Waals surface area (Å²) in [4.78, 5) is 7.09. The summed E-state index contributed by atoms with van der Waals surface area (Å²) < 4.78 is 0. The Kier molecular flexibility index (Phi) is 4.95. The third kappa shape index (κ3) is 3.27. The minimum absolute atomic E-state index is 0.543. The van der Waals surface area contributed by atoms with Crippen molar-refractivity contribution in [1.29, 1.82) is 0 Å². The molecule has 1 N–H and O–H groups in total. The number of aromatic nitrogens is 1. The van der Waals surface area contributed by atoms with E-state index in [0.29, 0.717) is 6.04 Å². The molecule has 0 spiro atoms. The van der Waals surface area contributed by atoms with E-state index in [1.54, 1.807) is 11.3 Å². The van der Waals surface area contributed by atoms with Gasteiger partial charge >= 0.3 is 0 Å². The highest BCUT2D eigenvalue weighted by Crippen LogP contribution is 2.30. The molecular weight excluding hydrogens is 230 g/mol. The number of rotatable bonds is 6. The average Bonchev–Trinajstić information content (AvgIpc) is 2.99. The molecule has 96 valence electrons. The molecule has 1 aliphatic rings. The van der Waals surface area contributed by atoms with E-state index in [1.807, 2.05) is 6.20 Å². The van der Waals surface area contributed by atoms with Gasteiger partial charge in [-0.2, -0.15) is 0 Å². The van der Waals surface area contributed by atoms with Crippen molar-refractivity contribution in [2.24, 2.45) is 5.92 Å². The molecular formula is C13H23N3S. The molecule has 0 aliphatic carbocycles. The molecule has 2 unspecified atom stereocenters. The van der Waals surface area contributed by atoms with E-state index in [1.165, 1.54) is 37.5 Å². The topological polar surface area (TPSA) is 28.2 Å². The van der Waals surface area contributed by atoms with E-state index in [9.17, 15) is 0 Å². The van der Waals surface area contributed by atoms with Crippen LogP contribution in [0.25, 0.3) is 0 Å². The highest BCUT2D eigenvalue weighted by molar-refractivity contribution is 7.09. The summed E-state index contributed by atoms with van der Waals surface area (Å²) in [5.41, 5.74) is 0. The zero-order valence-electron chi connectivity index (χ0n) is 10.9. The van der Waals surface area contributed by atoms with E-state index in [4.69, 9.17) is 0 Å². The van der Waals surface area contributed by atoms with Crippen LogP contribution in [0.4, 0.5) is 0 Å². The molecule has 0 saturated carbocycles. The molecule has 2 heterocycles. The van der Waals surface area contributed by atoms with E-state index in [-0.39, 0.29) is 0 Å². The summed E-state index contributed by atoms with van der Waals surface area (Å²) in [6.45, 7) is 9.15. The van der Waals surface area contributed by atoms with Crippen LogP contribution in [-0.2, 0) is 0 Å². The molecule has 1 saturated heterocycles. The number of thiazole rings is 1. The SMILES string of the molecule is CCNCC1CCN(C(CC)c2nccs2)C1. The molecule has 1 fully saturated rings. The van der Waals surface area contributed by atoms with Gasteiger partial charge in [-0.25, -0.2) is 4.98 Å². The Morgan fingerprint density at radius 1 is 1.59 bits per heavy atom. The Bertz CT molecular complexity index is 312. The van der Waals surface area contributed by atoms with Gasteiger partial charge in [-0.05, 0) is 38.4 Å². The van der Waals surface area contributed by atoms with Crippen molar-refractivity contribution in [2.75, 3.05) is 26.2 Å². The van der Waals surface area contributed by atoms with Crippen molar-refractivity contribution in [3.05, 3.63) is 16.6 Å². The molecule has 2 rings (SSSR count). The maximum Gasteiger partial charge on any atom is 0.110 e. The van der Waals surface area contributed by atoms with Crippen molar-refractivity contribution in [1.82, 2.24) is 15.2 Å². The van der Waals surface area contributed by atoms with Gasteiger partial charge in [0.25, 0.3) is 0 Å². The largest absolute Gasteiger partial charge is 0.317 e. The molecule has 4 heteroatoms. The Morgan fingerprint density at radius 3 is 3.12 bits per heavy atom. The van der Waals surface area contributed by atoms with E-state index < -0.39 is 0 Å². The highest BCUT2D eigenvalue weighted by atomic mass is 32.1. The Labute approximate surface area is 108 Å². The third-order valence-electron chi connectivity index (χ3n) is 3.56. The summed E-state index contributed by atoms with van der Waals surface area (Å²) >= 11 is 1.79. The van der Waals surface area contributed by atoms with Gasteiger partial charge in [-0.1, -0.05) is 13.8 Å². The van der Waals surface area contributed by atoms with E-state index in [2.05, 4.69) is 34.4 Å². The van der Waals surface area contributed by atoms with Crippen molar-refractivity contribution < 1.29 is 0 Å². The van der Waals surface area contributed by atoms with Crippen LogP contribution in [0.15, 0.2) is 11.6 Å². The summed E-state index contributed by atoms with van der Waals surface area (Å²) in [5.74, 6) is 0.823. The second kappa shape index (κ2) is 6.47. The van der Waals surface area contributed by atoms with Gasteiger partial charge in [-0.3, -0.25) is 4.90 Å². The average molecular weight is 253 g/mol. The molecule has 1 aromatic heterocycles. The predicted octanol–water partition coefficient (Wildman–Crippen LogP) is 2.53. The van der Waals surface area contributed by atoms with E-state index in [0.717, 1.165) is 12.5 Å². The zero-order chi connectivity index (χ0) is 12.1. The van der Waals surface area contributed by atoms with Gasteiger partial charge in [0.05, 0.1) is 6.04 Å². The van der Waals surface area contributed by atoms with Crippen molar-refractivity contribution in [3.63, 3.8) is 0 Å². The number of likely N-dealkylation sites (tertiary alicyclic amines) is 1. The fourth-order valence-electron chi connectivity index (χ4n) is 2.65. The van der Waals surface area contributed by atoms with E-state index >= 15 is 0 Å². The summed E-state index contributed by atoms with van der Waals surface area (Å²) in [5, 5.41) is 6.84. The minimum Gasteiger partial charge on any atom is -0.317 e. The normalized spacial score (nSPS) is 23.1. The monoisotopic (exact) mass is 253 g/mol. The van der Waals surface area contributed by atoms with Gasteiger partial charge in [0.2, 0.25) is 0 Å². The number of hydrogen-bond acceptors (Lipinski definition) is 4. The highest BCUT2D eigenvalue weighted by Gasteiger charge is 2.28. The maximum absolute atomic E-state index is 4.48. The van der Waals surface area contributed by atoms with Crippen LogP contribution in [-0.4, -0.2) is 36.1 Å². The van der Waals surface area contributed by atoms with Crippen molar-refractivity contribution in [3.8, 4) is 0 Å². The Balaban J connectivity index is 1.90. The summed E-state index contributed by atoms with van der Waals surface area (Å²) in [6.07, 6.45) is 4.42. The fourth-order valence-corrected chi connectivity index (χ4v) is 3.50. The van der Waals surface area contributed by atoms with Crippen LogP contribution in [0.5, 0.6) is 0 Å². The summed E-state index contributed by atoms with van der Waals surface area (Å²) in [7, 11) is 0. The van der Waals surface area contributed by atoms with Crippen LogP contribution in [0.2, 0.25) is 0 Å². The summed E-state index contributed by atoms with van der Waals surface area (Å²) in [6, 6.07) is 0.543. The lowest BCUT2D eigenvalue weighted by Gasteiger charge is -2.25. The van der Waals surface area contributed by atoms with Crippen LogP contribution in [0.1, 0.15) is 37.7 Å². The van der Waals surface area contributed by atoms with Crippen LogP contribution >= 0.6 is 11.3 Å². The smallest absolute Gasteiger partial charge is 0.110 e. The minimum atomic E-state index is 0.543. The van der Waals surface area contributed by atoms with Crippen molar-refractivity contribution >= 4 is 11.3 Å². The molecule has 1 aliphatic heterocycles. The lowest BCUT2D eigenvalue weighted by molar-refractivity contribution is 0.229. The second-order valence-corrected chi connectivity index (χ2v) is 5.68. The maximum atomic E-state index is 4.48. The third-order valence-corrected chi connectivity index (χ3v) is 4.44. The first-order chi connectivity index (χ1) is 8.35. The van der Waals surface area contributed by atoms with Crippen LogP contribution in [0.3, 0.4) is 0 Å². The fraction of sp³-hybridized carbons (Fsp3) is 0.769.